The largest absolute Gasteiger partial charge is 0.457 e. The molecule has 0 aliphatic carbocycles. The Morgan fingerprint density at radius 3 is 1.63 bits per heavy atom. The summed E-state index contributed by atoms with van der Waals surface area (Å²) in [6, 6.07) is 0. The van der Waals surface area contributed by atoms with Crippen LogP contribution in [0.25, 0.3) is 0 Å². The van der Waals surface area contributed by atoms with Gasteiger partial charge in [0, 0.05) is 13.0 Å². The van der Waals surface area contributed by atoms with E-state index in [0.29, 0.717) is 13.0 Å². The predicted octanol–water partition coefficient (Wildman–Crippen LogP) is 9.03. The van der Waals surface area contributed by atoms with E-state index in [1.165, 1.54) is 103 Å². The smallest absolute Gasteiger partial charge is 0.306 e. The molecule has 0 aromatic carbocycles. The highest BCUT2D eigenvalue weighted by atomic mass is 16.7. The zero-order chi connectivity index (χ0) is 37.9. The van der Waals surface area contributed by atoms with E-state index in [9.17, 15) is 25.2 Å². The summed E-state index contributed by atoms with van der Waals surface area (Å²) >= 11 is 0. The fraction of sp³-hybridized carbons (Fsp3) is 0.884. The second-order valence-corrected chi connectivity index (χ2v) is 14.8. The van der Waals surface area contributed by atoms with Gasteiger partial charge in [-0.25, -0.2) is 0 Å². The summed E-state index contributed by atoms with van der Waals surface area (Å²) in [5.74, 6) is -0.326. The third-order valence-electron chi connectivity index (χ3n) is 9.82. The summed E-state index contributed by atoms with van der Waals surface area (Å²) in [6.45, 7) is 4.48. The Morgan fingerprint density at radius 2 is 1.10 bits per heavy atom. The fourth-order valence-electron chi connectivity index (χ4n) is 6.43. The third kappa shape index (κ3) is 26.4. The number of hydrogen-bond donors (Lipinski definition) is 4. The van der Waals surface area contributed by atoms with Gasteiger partial charge in [0.1, 0.15) is 30.5 Å². The highest BCUT2D eigenvalue weighted by molar-refractivity contribution is 5.69. The molecule has 0 amide bonds. The molecule has 4 N–H and O–H groups in total. The van der Waals surface area contributed by atoms with Gasteiger partial charge in [-0.3, -0.25) is 4.79 Å². The molecule has 306 valence electrons. The molecular formula is C43H80O9. The van der Waals surface area contributed by atoms with Gasteiger partial charge in [0.05, 0.1) is 19.8 Å². The molecule has 1 fully saturated rings. The van der Waals surface area contributed by atoms with Crippen LogP contribution in [0, 0.1) is 0 Å². The molecule has 6 unspecified atom stereocenters. The van der Waals surface area contributed by atoms with Gasteiger partial charge < -0.3 is 39.4 Å². The zero-order valence-corrected chi connectivity index (χ0v) is 33.3. The van der Waals surface area contributed by atoms with Gasteiger partial charge in [0.25, 0.3) is 0 Å². The van der Waals surface area contributed by atoms with Crippen molar-refractivity contribution in [1.82, 2.24) is 0 Å². The van der Waals surface area contributed by atoms with Gasteiger partial charge in [-0.2, -0.15) is 0 Å². The van der Waals surface area contributed by atoms with Gasteiger partial charge >= 0.3 is 5.97 Å². The topological polar surface area (TPSA) is 135 Å². The number of allylic oxidation sites excluding steroid dienone is 4. The highest BCUT2D eigenvalue weighted by Gasteiger charge is 2.44. The van der Waals surface area contributed by atoms with E-state index in [2.05, 4.69) is 38.2 Å². The average molecular weight is 741 g/mol. The van der Waals surface area contributed by atoms with Crippen LogP contribution >= 0.6 is 0 Å². The lowest BCUT2D eigenvalue weighted by atomic mass is 9.99. The van der Waals surface area contributed by atoms with Gasteiger partial charge in [-0.15, -0.1) is 0 Å². The SMILES string of the molecule is CCC/C=C\CCCCCCCC(=O)OC(COCCCCCCCCCC/C=C\CCCCCCCCC)COC1OC(CO)C(O)C(O)C1O. The van der Waals surface area contributed by atoms with Crippen molar-refractivity contribution in [3.05, 3.63) is 24.3 Å². The first-order chi connectivity index (χ1) is 25.4. The standard InChI is InChI=1S/C43H80O9/c1-3-5-7-9-11-13-15-16-17-18-19-20-21-22-23-25-27-29-31-33-49-35-37(36-50-43-42(48)41(47)40(46)38(34-44)52-43)51-39(45)32-30-28-26-24-14-12-10-8-6-4-2/h8,10,17-18,37-38,40-44,46-48H,3-7,9,11-16,19-36H2,1-2H3/b10-8-,18-17-. The predicted molar refractivity (Wildman–Crippen MR) is 210 cm³/mol. The van der Waals surface area contributed by atoms with Crippen LogP contribution in [0.5, 0.6) is 0 Å². The maximum atomic E-state index is 12.7. The zero-order valence-electron chi connectivity index (χ0n) is 33.3. The van der Waals surface area contributed by atoms with E-state index in [0.717, 1.165) is 57.8 Å². The van der Waals surface area contributed by atoms with E-state index in [1.54, 1.807) is 0 Å². The second kappa shape index (κ2) is 35.4. The van der Waals surface area contributed by atoms with Gasteiger partial charge in [0.2, 0.25) is 0 Å². The highest BCUT2D eigenvalue weighted by Crippen LogP contribution is 2.22. The molecule has 0 aromatic heterocycles. The van der Waals surface area contributed by atoms with Crippen LogP contribution < -0.4 is 0 Å². The summed E-state index contributed by atoms with van der Waals surface area (Å²) in [6.07, 6.45) is 32.1. The molecular weight excluding hydrogens is 660 g/mol. The van der Waals surface area contributed by atoms with E-state index < -0.39 is 43.4 Å². The molecule has 1 heterocycles. The number of carbonyl (C=O) groups excluding carboxylic acids is 1. The van der Waals surface area contributed by atoms with Crippen LogP contribution in [0.15, 0.2) is 24.3 Å². The van der Waals surface area contributed by atoms with Crippen LogP contribution in [0.4, 0.5) is 0 Å². The lowest BCUT2D eigenvalue weighted by Gasteiger charge is -2.39. The molecule has 1 aliphatic rings. The van der Waals surface area contributed by atoms with E-state index in [4.69, 9.17) is 18.9 Å². The third-order valence-corrected chi connectivity index (χ3v) is 9.82. The lowest BCUT2D eigenvalue weighted by Crippen LogP contribution is -2.59. The molecule has 0 aromatic rings. The monoisotopic (exact) mass is 741 g/mol. The Kier molecular flexibility index (Phi) is 33.1. The molecule has 0 saturated carbocycles. The van der Waals surface area contributed by atoms with Crippen LogP contribution in [-0.2, 0) is 23.7 Å². The number of aliphatic hydroxyl groups excluding tert-OH is 4. The Labute approximate surface area is 317 Å². The van der Waals surface area contributed by atoms with Crippen molar-refractivity contribution in [2.24, 2.45) is 0 Å². The number of hydrogen-bond acceptors (Lipinski definition) is 9. The summed E-state index contributed by atoms with van der Waals surface area (Å²) in [7, 11) is 0. The maximum absolute atomic E-state index is 12.7. The first-order valence-corrected chi connectivity index (χ1v) is 21.4. The van der Waals surface area contributed by atoms with E-state index in [1.807, 2.05) is 0 Å². The van der Waals surface area contributed by atoms with Gasteiger partial charge in [-0.1, -0.05) is 141 Å². The molecule has 0 bridgehead atoms. The number of rotatable bonds is 36. The first kappa shape index (κ1) is 48.7. The number of carbonyl (C=O) groups is 1. The van der Waals surface area contributed by atoms with Crippen molar-refractivity contribution in [2.75, 3.05) is 26.4 Å². The van der Waals surface area contributed by atoms with Gasteiger partial charge in [0.15, 0.2) is 6.29 Å². The molecule has 52 heavy (non-hydrogen) atoms. The number of aliphatic hydroxyl groups is 4. The number of ether oxygens (including phenoxy) is 4. The average Bonchev–Trinajstić information content (AvgIpc) is 3.14. The molecule has 1 aliphatic heterocycles. The molecule has 1 rings (SSSR count). The van der Waals surface area contributed by atoms with Gasteiger partial charge in [-0.05, 0) is 57.8 Å². The van der Waals surface area contributed by atoms with Crippen LogP contribution in [0.2, 0.25) is 0 Å². The van der Waals surface area contributed by atoms with Crippen molar-refractivity contribution in [3.8, 4) is 0 Å². The maximum Gasteiger partial charge on any atom is 0.306 e. The minimum absolute atomic E-state index is 0.116. The second-order valence-electron chi connectivity index (χ2n) is 14.8. The quantitative estimate of drug-likeness (QED) is 0.0282. The summed E-state index contributed by atoms with van der Waals surface area (Å²) < 4.78 is 22.7. The number of esters is 1. The van der Waals surface area contributed by atoms with Crippen LogP contribution in [-0.4, -0.2) is 89.6 Å². The van der Waals surface area contributed by atoms with Crippen molar-refractivity contribution < 1.29 is 44.2 Å². The van der Waals surface area contributed by atoms with Crippen molar-refractivity contribution in [2.45, 2.75) is 218 Å². The van der Waals surface area contributed by atoms with Crippen LogP contribution in [0.3, 0.4) is 0 Å². The fourth-order valence-corrected chi connectivity index (χ4v) is 6.43. The summed E-state index contributed by atoms with van der Waals surface area (Å²) in [5.41, 5.74) is 0. The Bertz CT molecular complexity index is 848. The van der Waals surface area contributed by atoms with E-state index in [-0.39, 0.29) is 19.2 Å². The summed E-state index contributed by atoms with van der Waals surface area (Å²) in [4.78, 5) is 12.7. The van der Waals surface area contributed by atoms with Crippen molar-refractivity contribution in [1.29, 1.82) is 0 Å². The normalized spacial score (nSPS) is 21.4. The molecule has 9 heteroatoms. The Hall–Kier alpha value is -1.33. The summed E-state index contributed by atoms with van der Waals surface area (Å²) in [5, 5.41) is 40.0. The minimum atomic E-state index is -1.54. The molecule has 6 atom stereocenters. The molecule has 9 nitrogen and oxygen atoms in total. The Balaban J connectivity index is 2.24. The number of unbranched alkanes of at least 4 members (excludes halogenated alkanes) is 21. The molecule has 0 spiro atoms. The Morgan fingerprint density at radius 1 is 0.596 bits per heavy atom. The first-order valence-electron chi connectivity index (χ1n) is 21.4. The molecule has 0 radical (unpaired) electrons. The van der Waals surface area contributed by atoms with Crippen LogP contribution in [0.1, 0.15) is 181 Å². The van der Waals surface area contributed by atoms with Crippen molar-refractivity contribution >= 4 is 5.97 Å². The molecule has 1 saturated heterocycles. The minimum Gasteiger partial charge on any atom is -0.457 e. The van der Waals surface area contributed by atoms with Crippen molar-refractivity contribution in [3.63, 3.8) is 0 Å². The lowest BCUT2D eigenvalue weighted by molar-refractivity contribution is -0.305. The van der Waals surface area contributed by atoms with E-state index >= 15 is 0 Å².